The quantitative estimate of drug-likeness (QED) is 0.827. The molecule has 0 spiro atoms. The molecule has 0 aromatic heterocycles. The number of benzene rings is 1. The van der Waals surface area contributed by atoms with Crippen LogP contribution in [0.25, 0.3) is 0 Å². The summed E-state index contributed by atoms with van der Waals surface area (Å²) in [6, 6.07) is 5.38. The maximum atomic E-state index is 13.1. The predicted octanol–water partition coefficient (Wildman–Crippen LogP) is 3.30. The van der Waals surface area contributed by atoms with E-state index in [1.165, 1.54) is 5.56 Å². The van der Waals surface area contributed by atoms with Gasteiger partial charge in [0, 0.05) is 0 Å². The fourth-order valence-corrected chi connectivity index (χ4v) is 2.65. The van der Waals surface area contributed by atoms with Crippen molar-refractivity contribution in [3.05, 3.63) is 34.1 Å². The van der Waals surface area contributed by atoms with Crippen LogP contribution in [0.1, 0.15) is 24.8 Å². The Labute approximate surface area is 98.2 Å². The van der Waals surface area contributed by atoms with Crippen LogP contribution >= 0.6 is 15.9 Å². The zero-order valence-electron chi connectivity index (χ0n) is 8.76. The summed E-state index contributed by atoms with van der Waals surface area (Å²) in [5, 5.41) is 3.37. The monoisotopic (exact) mass is 271 g/mol. The largest absolute Gasteiger partial charge is 0.316 e. The standard InChI is InChI=1S/C12H15BrFN/c1-8-7-15-5-4-10(8)9-2-3-12(14)11(13)6-9/h2-3,6,8,10,15H,4-5,7H2,1H3. The molecular weight excluding hydrogens is 257 g/mol. The van der Waals surface area contributed by atoms with E-state index in [4.69, 9.17) is 0 Å². The molecule has 2 unspecified atom stereocenters. The minimum Gasteiger partial charge on any atom is -0.316 e. The highest BCUT2D eigenvalue weighted by atomic mass is 79.9. The average Bonchev–Trinajstić information content (AvgIpc) is 2.23. The first-order valence-electron chi connectivity index (χ1n) is 5.34. The Kier molecular flexibility index (Phi) is 3.42. The molecule has 15 heavy (non-hydrogen) atoms. The summed E-state index contributed by atoms with van der Waals surface area (Å²) in [4.78, 5) is 0. The second-order valence-corrected chi connectivity index (χ2v) is 5.10. The maximum absolute atomic E-state index is 13.1. The molecule has 1 nitrogen and oxygen atoms in total. The van der Waals surface area contributed by atoms with E-state index >= 15 is 0 Å². The summed E-state index contributed by atoms with van der Waals surface area (Å²) >= 11 is 3.24. The van der Waals surface area contributed by atoms with E-state index in [1.807, 2.05) is 12.1 Å². The minimum absolute atomic E-state index is 0.180. The van der Waals surface area contributed by atoms with Crippen molar-refractivity contribution in [3.8, 4) is 0 Å². The van der Waals surface area contributed by atoms with Crippen molar-refractivity contribution in [2.75, 3.05) is 13.1 Å². The molecular formula is C12H15BrFN. The summed E-state index contributed by atoms with van der Waals surface area (Å²) in [6.07, 6.45) is 1.14. The van der Waals surface area contributed by atoms with Crippen LogP contribution < -0.4 is 5.32 Å². The van der Waals surface area contributed by atoms with Gasteiger partial charge in [-0.3, -0.25) is 0 Å². The van der Waals surface area contributed by atoms with Crippen LogP contribution in [0, 0.1) is 11.7 Å². The summed E-state index contributed by atoms with van der Waals surface area (Å²) in [6.45, 7) is 4.36. The molecule has 1 aliphatic heterocycles. The van der Waals surface area contributed by atoms with E-state index in [2.05, 4.69) is 28.2 Å². The van der Waals surface area contributed by atoms with Crippen LogP contribution in [-0.2, 0) is 0 Å². The van der Waals surface area contributed by atoms with Crippen LogP contribution in [0.3, 0.4) is 0 Å². The van der Waals surface area contributed by atoms with Crippen LogP contribution in [-0.4, -0.2) is 13.1 Å². The van der Waals surface area contributed by atoms with Crippen LogP contribution in [0.4, 0.5) is 4.39 Å². The number of rotatable bonds is 1. The third-order valence-electron chi connectivity index (χ3n) is 3.16. The van der Waals surface area contributed by atoms with Gasteiger partial charge in [0.1, 0.15) is 5.82 Å². The van der Waals surface area contributed by atoms with Crippen LogP contribution in [0.2, 0.25) is 0 Å². The van der Waals surface area contributed by atoms with Crippen molar-refractivity contribution >= 4 is 15.9 Å². The second-order valence-electron chi connectivity index (χ2n) is 4.25. The summed E-state index contributed by atoms with van der Waals surface area (Å²) in [5.41, 5.74) is 1.25. The average molecular weight is 272 g/mol. The second kappa shape index (κ2) is 4.62. The van der Waals surface area contributed by atoms with Crippen LogP contribution in [0.5, 0.6) is 0 Å². The van der Waals surface area contributed by atoms with Crippen molar-refractivity contribution in [1.82, 2.24) is 5.32 Å². The molecule has 0 radical (unpaired) electrons. The molecule has 0 aliphatic carbocycles. The van der Waals surface area contributed by atoms with E-state index in [0.717, 1.165) is 19.5 Å². The maximum Gasteiger partial charge on any atom is 0.137 e. The normalized spacial score (nSPS) is 26.6. The first kappa shape index (κ1) is 11.1. The van der Waals surface area contributed by atoms with Gasteiger partial charge >= 0.3 is 0 Å². The number of hydrogen-bond donors (Lipinski definition) is 1. The Morgan fingerprint density at radius 1 is 1.47 bits per heavy atom. The summed E-state index contributed by atoms with van der Waals surface area (Å²) in [5.74, 6) is 1.000. The summed E-state index contributed by atoms with van der Waals surface area (Å²) in [7, 11) is 0. The highest BCUT2D eigenvalue weighted by Crippen LogP contribution is 2.32. The molecule has 1 saturated heterocycles. The number of piperidine rings is 1. The molecule has 1 aromatic rings. The lowest BCUT2D eigenvalue weighted by molar-refractivity contribution is 0.349. The Morgan fingerprint density at radius 2 is 2.27 bits per heavy atom. The van der Waals surface area contributed by atoms with Gasteiger partial charge in [-0.25, -0.2) is 4.39 Å². The first-order chi connectivity index (χ1) is 7.18. The fraction of sp³-hybridized carbons (Fsp3) is 0.500. The van der Waals surface area contributed by atoms with Gasteiger partial charge in [-0.2, -0.15) is 0 Å². The Morgan fingerprint density at radius 3 is 2.93 bits per heavy atom. The van der Waals surface area contributed by atoms with Crippen molar-refractivity contribution in [3.63, 3.8) is 0 Å². The molecule has 2 rings (SSSR count). The van der Waals surface area contributed by atoms with Crippen LogP contribution in [0.15, 0.2) is 22.7 Å². The Balaban J connectivity index is 2.24. The molecule has 82 valence electrons. The van der Waals surface area contributed by atoms with Gasteiger partial charge in [0.05, 0.1) is 4.47 Å². The third kappa shape index (κ3) is 2.40. The highest BCUT2D eigenvalue weighted by Gasteiger charge is 2.22. The molecule has 0 bridgehead atoms. The SMILES string of the molecule is CC1CNCCC1c1ccc(F)c(Br)c1. The van der Waals surface area contributed by atoms with Gasteiger partial charge in [-0.05, 0) is 65.0 Å². The van der Waals surface area contributed by atoms with E-state index < -0.39 is 0 Å². The van der Waals surface area contributed by atoms with Crippen molar-refractivity contribution < 1.29 is 4.39 Å². The lowest BCUT2D eigenvalue weighted by Gasteiger charge is -2.30. The lowest BCUT2D eigenvalue weighted by atomic mass is 9.82. The van der Waals surface area contributed by atoms with Gasteiger partial charge < -0.3 is 5.32 Å². The van der Waals surface area contributed by atoms with Crippen molar-refractivity contribution in [2.45, 2.75) is 19.3 Å². The molecule has 1 N–H and O–H groups in total. The van der Waals surface area contributed by atoms with Gasteiger partial charge in [0.15, 0.2) is 0 Å². The van der Waals surface area contributed by atoms with Gasteiger partial charge in [-0.1, -0.05) is 13.0 Å². The molecule has 2 atom stereocenters. The van der Waals surface area contributed by atoms with E-state index in [1.54, 1.807) is 6.07 Å². The third-order valence-corrected chi connectivity index (χ3v) is 3.76. The first-order valence-corrected chi connectivity index (χ1v) is 6.13. The van der Waals surface area contributed by atoms with E-state index in [-0.39, 0.29) is 5.82 Å². The minimum atomic E-state index is -0.180. The topological polar surface area (TPSA) is 12.0 Å². The molecule has 0 amide bonds. The van der Waals surface area contributed by atoms with Crippen molar-refractivity contribution in [1.29, 1.82) is 0 Å². The highest BCUT2D eigenvalue weighted by molar-refractivity contribution is 9.10. The molecule has 0 saturated carbocycles. The molecule has 3 heteroatoms. The Hall–Kier alpha value is -0.410. The van der Waals surface area contributed by atoms with Gasteiger partial charge in [-0.15, -0.1) is 0 Å². The fourth-order valence-electron chi connectivity index (χ4n) is 2.25. The number of hydrogen-bond acceptors (Lipinski definition) is 1. The van der Waals surface area contributed by atoms with E-state index in [0.29, 0.717) is 16.3 Å². The van der Waals surface area contributed by atoms with E-state index in [9.17, 15) is 4.39 Å². The molecule has 1 fully saturated rings. The molecule has 1 heterocycles. The number of nitrogens with one attached hydrogen (secondary N) is 1. The van der Waals surface area contributed by atoms with Gasteiger partial charge in [0.2, 0.25) is 0 Å². The van der Waals surface area contributed by atoms with Gasteiger partial charge in [0.25, 0.3) is 0 Å². The van der Waals surface area contributed by atoms with Crippen molar-refractivity contribution in [2.24, 2.45) is 5.92 Å². The predicted molar refractivity (Wildman–Crippen MR) is 63.5 cm³/mol. The zero-order chi connectivity index (χ0) is 10.8. The summed E-state index contributed by atoms with van der Waals surface area (Å²) < 4.78 is 13.7. The number of halogens is 2. The smallest absolute Gasteiger partial charge is 0.137 e. The zero-order valence-corrected chi connectivity index (χ0v) is 10.3. The lowest BCUT2D eigenvalue weighted by Crippen LogP contribution is -2.33. The molecule has 1 aromatic carbocycles. The molecule has 1 aliphatic rings. The Bertz CT molecular complexity index is 353.